The molecule has 1 heterocycles. The van der Waals surface area contributed by atoms with Crippen LogP contribution < -0.4 is 10.4 Å². The third-order valence-electron chi connectivity index (χ3n) is 6.02. The van der Waals surface area contributed by atoms with Crippen LogP contribution in [0.15, 0.2) is 89.7 Å². The Morgan fingerprint density at radius 3 is 2.00 bits per heavy atom. The Labute approximate surface area is 193 Å². The predicted molar refractivity (Wildman–Crippen MR) is 135 cm³/mol. The molecule has 2 aliphatic carbocycles. The van der Waals surface area contributed by atoms with Crippen LogP contribution in [-0.2, 0) is 0 Å². The maximum absolute atomic E-state index is 10.8. The molecule has 0 unspecified atom stereocenters. The highest BCUT2D eigenvalue weighted by Gasteiger charge is 2.51. The molecule has 0 fully saturated rings. The second kappa shape index (κ2) is 7.40. The second-order valence-corrected chi connectivity index (χ2v) is 10.3. The van der Waals surface area contributed by atoms with Crippen LogP contribution in [0.5, 0.6) is 0 Å². The molecule has 154 valence electrons. The molecule has 0 saturated heterocycles. The molecule has 5 heteroatoms. The fourth-order valence-corrected chi connectivity index (χ4v) is 7.42. The molecule has 3 nitrogen and oxygen atoms in total. The van der Waals surface area contributed by atoms with Gasteiger partial charge in [0.05, 0.1) is 4.92 Å². The van der Waals surface area contributed by atoms with Crippen molar-refractivity contribution < 1.29 is 4.92 Å². The first-order valence-electron chi connectivity index (χ1n) is 10.3. The number of hydrogen-bond acceptors (Lipinski definition) is 4. The Balaban J connectivity index is 1.34. The molecular formula is C27H17NO2S2. The summed E-state index contributed by atoms with van der Waals surface area (Å²) < 4.78 is -0.0375. The minimum absolute atomic E-state index is 0.0375. The molecule has 6 rings (SSSR count). The maximum atomic E-state index is 10.8. The summed E-state index contributed by atoms with van der Waals surface area (Å²) in [5.74, 6) is 0. The Bertz CT molecular complexity index is 1490. The number of allylic oxidation sites excluding steroid dienone is 2. The second-order valence-electron chi connectivity index (χ2n) is 7.79. The minimum atomic E-state index is -0.384. The summed E-state index contributed by atoms with van der Waals surface area (Å²) in [6.45, 7) is 0. The number of non-ortho nitro benzene ring substituents is 1. The van der Waals surface area contributed by atoms with Gasteiger partial charge in [0, 0.05) is 12.1 Å². The van der Waals surface area contributed by atoms with E-state index in [1.165, 1.54) is 44.8 Å². The predicted octanol–water partition coefficient (Wildman–Crippen LogP) is 5.69. The van der Waals surface area contributed by atoms with Crippen LogP contribution in [0.3, 0.4) is 0 Å². The molecule has 3 aromatic rings. The lowest BCUT2D eigenvalue weighted by Gasteiger charge is -2.22. The van der Waals surface area contributed by atoms with Gasteiger partial charge < -0.3 is 0 Å². The number of hydrogen-bond donors (Lipinski definition) is 0. The molecule has 3 aromatic carbocycles. The standard InChI is InChI=1S/C27H17NO2S2/c29-28(30)20-12-9-18(10-13-20)5-1-2-6-19-11-14-23-24(17-19)26-22-8-4-3-7-21(22)25(23)27(26)31-15-16-32-27/h1-17H/b5-1+,6-2+. The average molecular weight is 452 g/mol. The Morgan fingerprint density at radius 1 is 0.750 bits per heavy atom. The first-order chi connectivity index (χ1) is 15.7. The van der Waals surface area contributed by atoms with Gasteiger partial charge in [-0.25, -0.2) is 0 Å². The highest BCUT2D eigenvalue weighted by atomic mass is 32.2. The van der Waals surface area contributed by atoms with Crippen LogP contribution in [0.4, 0.5) is 5.69 Å². The molecule has 0 saturated carbocycles. The molecule has 1 spiro atoms. The highest BCUT2D eigenvalue weighted by Crippen LogP contribution is 2.64. The fraction of sp³-hybridized carbons (Fsp3) is 0.0370. The Hall–Kier alpha value is -3.28. The summed E-state index contributed by atoms with van der Waals surface area (Å²) in [6.07, 6.45) is 8.03. The van der Waals surface area contributed by atoms with Crippen molar-refractivity contribution in [2.24, 2.45) is 0 Å². The van der Waals surface area contributed by atoms with E-state index in [0.717, 1.165) is 11.1 Å². The smallest absolute Gasteiger partial charge is 0.258 e. The molecule has 32 heavy (non-hydrogen) atoms. The van der Waals surface area contributed by atoms with Gasteiger partial charge in [0.15, 0.2) is 0 Å². The van der Waals surface area contributed by atoms with E-state index in [1.54, 1.807) is 12.1 Å². The molecule has 0 aromatic heterocycles. The molecule has 0 radical (unpaired) electrons. The van der Waals surface area contributed by atoms with Gasteiger partial charge in [0.2, 0.25) is 0 Å². The summed E-state index contributed by atoms with van der Waals surface area (Å²) in [4.78, 5) is 10.4. The number of benzene rings is 3. The molecular weight excluding hydrogens is 434 g/mol. The van der Waals surface area contributed by atoms with E-state index in [1.807, 2.05) is 41.8 Å². The summed E-state index contributed by atoms with van der Waals surface area (Å²) in [6, 6.07) is 22.0. The van der Waals surface area contributed by atoms with Crippen LogP contribution >= 0.6 is 23.5 Å². The fourth-order valence-electron chi connectivity index (χ4n) is 4.68. The van der Waals surface area contributed by atoms with Crippen molar-refractivity contribution in [3.05, 3.63) is 133 Å². The van der Waals surface area contributed by atoms with E-state index in [0.29, 0.717) is 0 Å². The van der Waals surface area contributed by atoms with Gasteiger partial charge in [0.1, 0.15) is 4.08 Å². The lowest BCUT2D eigenvalue weighted by atomic mass is 9.98. The summed E-state index contributed by atoms with van der Waals surface area (Å²) >= 11 is 3.82. The number of nitro benzene ring substituents is 1. The van der Waals surface area contributed by atoms with E-state index < -0.39 is 0 Å². The number of nitro groups is 1. The minimum Gasteiger partial charge on any atom is -0.258 e. The van der Waals surface area contributed by atoms with Gasteiger partial charge in [-0.15, -0.1) is 23.5 Å². The first kappa shape index (κ1) is 19.4. The van der Waals surface area contributed by atoms with Crippen molar-refractivity contribution in [1.82, 2.24) is 0 Å². The van der Waals surface area contributed by atoms with Gasteiger partial charge in [0.25, 0.3) is 5.69 Å². The van der Waals surface area contributed by atoms with Crippen molar-refractivity contribution in [3.63, 3.8) is 0 Å². The normalized spacial score (nSPS) is 17.1. The van der Waals surface area contributed by atoms with Crippen LogP contribution in [0.25, 0.3) is 23.3 Å². The molecule has 2 bridgehead atoms. The zero-order valence-electron chi connectivity index (χ0n) is 16.9. The molecule has 0 amide bonds. The SMILES string of the molecule is O=[N+]([O-])c1ccc(/C=C/C=C/c2ccc3c(c2)=C2c4ccccc4C=3C23SC=CS3)cc1. The molecule has 1 aliphatic heterocycles. The number of fused-ring (bicyclic) bond motifs is 4. The van der Waals surface area contributed by atoms with Crippen LogP contribution in [0, 0.1) is 10.1 Å². The average Bonchev–Trinajstić information content (AvgIpc) is 3.48. The zero-order valence-corrected chi connectivity index (χ0v) is 18.5. The van der Waals surface area contributed by atoms with E-state index in [4.69, 9.17) is 0 Å². The lowest BCUT2D eigenvalue weighted by molar-refractivity contribution is -0.384. The highest BCUT2D eigenvalue weighted by molar-refractivity contribution is 8.25. The largest absolute Gasteiger partial charge is 0.269 e. The van der Waals surface area contributed by atoms with E-state index in [9.17, 15) is 10.1 Å². The van der Waals surface area contributed by atoms with Crippen molar-refractivity contribution in [1.29, 1.82) is 0 Å². The van der Waals surface area contributed by atoms with E-state index in [2.05, 4.69) is 59.4 Å². The van der Waals surface area contributed by atoms with Crippen LogP contribution in [0.1, 0.15) is 22.3 Å². The number of nitrogens with zero attached hydrogens (tertiary/aromatic N) is 1. The topological polar surface area (TPSA) is 43.1 Å². The monoisotopic (exact) mass is 451 g/mol. The van der Waals surface area contributed by atoms with Gasteiger partial charge in [-0.1, -0.05) is 60.7 Å². The number of rotatable bonds is 4. The first-order valence-corrected chi connectivity index (χ1v) is 12.0. The van der Waals surface area contributed by atoms with Gasteiger partial charge in [-0.05, 0) is 72.9 Å². The third kappa shape index (κ3) is 2.85. The van der Waals surface area contributed by atoms with E-state index >= 15 is 0 Å². The van der Waals surface area contributed by atoms with Crippen LogP contribution in [-0.4, -0.2) is 9.00 Å². The quantitative estimate of drug-likeness (QED) is 0.290. The Morgan fingerprint density at radius 2 is 1.34 bits per heavy atom. The van der Waals surface area contributed by atoms with Crippen LogP contribution in [0.2, 0.25) is 0 Å². The summed E-state index contributed by atoms with van der Waals surface area (Å²) in [7, 11) is 0. The molecule has 0 atom stereocenters. The van der Waals surface area contributed by atoms with Crippen molar-refractivity contribution in [3.8, 4) is 0 Å². The van der Waals surface area contributed by atoms with Crippen molar-refractivity contribution in [2.45, 2.75) is 4.08 Å². The van der Waals surface area contributed by atoms with E-state index in [-0.39, 0.29) is 14.7 Å². The number of thioether (sulfide) groups is 2. The molecule has 3 aliphatic rings. The summed E-state index contributed by atoms with van der Waals surface area (Å²) in [5.41, 5.74) is 7.78. The van der Waals surface area contributed by atoms with Crippen molar-refractivity contribution in [2.75, 3.05) is 0 Å². The Kier molecular flexibility index (Phi) is 4.49. The maximum Gasteiger partial charge on any atom is 0.269 e. The lowest BCUT2D eigenvalue weighted by Crippen LogP contribution is -2.27. The van der Waals surface area contributed by atoms with Gasteiger partial charge in [-0.3, -0.25) is 10.1 Å². The molecule has 0 N–H and O–H groups in total. The third-order valence-corrected chi connectivity index (χ3v) is 8.80. The van der Waals surface area contributed by atoms with Gasteiger partial charge >= 0.3 is 0 Å². The van der Waals surface area contributed by atoms with Crippen molar-refractivity contribution >= 4 is 52.5 Å². The summed E-state index contributed by atoms with van der Waals surface area (Å²) in [5, 5.41) is 17.9. The van der Waals surface area contributed by atoms with Gasteiger partial charge in [-0.2, -0.15) is 0 Å². The zero-order chi connectivity index (χ0) is 21.7.